The summed E-state index contributed by atoms with van der Waals surface area (Å²) in [5.41, 5.74) is 2.43. The number of aryl methyl sites for hydroxylation is 1. The molecule has 13 heteroatoms. The molecule has 2 aromatic carbocycles. The molecule has 1 spiro atoms. The van der Waals surface area contributed by atoms with Gasteiger partial charge in [0.25, 0.3) is 5.91 Å². The second kappa shape index (κ2) is 16.2. The molecule has 6 atom stereocenters. The van der Waals surface area contributed by atoms with Gasteiger partial charge in [0, 0.05) is 75.2 Å². The van der Waals surface area contributed by atoms with Gasteiger partial charge in [0.2, 0.25) is 15.9 Å². The number of nitrogens with zero attached hydrogens (tertiary/aromatic N) is 2. The van der Waals surface area contributed by atoms with Crippen LogP contribution in [-0.2, 0) is 26.6 Å². The van der Waals surface area contributed by atoms with Crippen LogP contribution in [0.2, 0.25) is 5.02 Å². The van der Waals surface area contributed by atoms with E-state index in [1.54, 1.807) is 32.2 Å². The second-order valence-corrected chi connectivity index (χ2v) is 19.4. The van der Waals surface area contributed by atoms with Gasteiger partial charge in [-0.15, -0.1) is 0 Å². The molecule has 1 saturated carbocycles. The van der Waals surface area contributed by atoms with Crippen LogP contribution < -0.4 is 19.7 Å². The van der Waals surface area contributed by atoms with Crippen LogP contribution in [-0.4, -0.2) is 95.5 Å². The van der Waals surface area contributed by atoms with Crippen LogP contribution in [0, 0.1) is 17.8 Å². The third kappa shape index (κ3) is 8.59. The molecule has 9 nitrogen and oxygen atoms in total. The van der Waals surface area contributed by atoms with Gasteiger partial charge in [-0.25, -0.2) is 21.9 Å². The highest BCUT2D eigenvalue weighted by Crippen LogP contribution is 2.49. The number of methoxy groups -OCH3 is 1. The summed E-state index contributed by atoms with van der Waals surface area (Å²) in [7, 11) is -2.27. The lowest BCUT2D eigenvalue weighted by molar-refractivity contribution is -0.0929. The maximum Gasteiger partial charge on any atom is 0.264 e. The van der Waals surface area contributed by atoms with Crippen molar-refractivity contribution in [2.45, 2.75) is 93.8 Å². The van der Waals surface area contributed by atoms with Crippen molar-refractivity contribution >= 4 is 33.2 Å². The zero-order valence-electron chi connectivity index (χ0n) is 32.4. The first-order chi connectivity index (χ1) is 26.2. The van der Waals surface area contributed by atoms with Crippen molar-refractivity contribution < 1.29 is 31.5 Å². The number of carbonyl (C=O) groups is 1. The summed E-state index contributed by atoms with van der Waals surface area (Å²) < 4.78 is 72.1. The average Bonchev–Trinajstić information content (AvgIpc) is 3.28. The van der Waals surface area contributed by atoms with Gasteiger partial charge >= 0.3 is 0 Å². The van der Waals surface area contributed by atoms with Crippen LogP contribution >= 0.6 is 11.6 Å². The molecular weight excluding hydrogens is 746 g/mol. The number of halogens is 3. The van der Waals surface area contributed by atoms with Crippen LogP contribution in [0.25, 0.3) is 0 Å². The van der Waals surface area contributed by atoms with E-state index in [0.717, 1.165) is 37.8 Å². The summed E-state index contributed by atoms with van der Waals surface area (Å²) in [5.74, 6) is -2.68. The summed E-state index contributed by atoms with van der Waals surface area (Å²) in [6.45, 7) is 7.96. The van der Waals surface area contributed by atoms with Crippen molar-refractivity contribution in [2.24, 2.45) is 17.8 Å². The minimum atomic E-state index is -4.02. The smallest absolute Gasteiger partial charge is 0.264 e. The Morgan fingerprint density at radius 1 is 1.04 bits per heavy atom. The number of allylic oxidation sites excluding steroid dienone is 1. The van der Waals surface area contributed by atoms with Crippen LogP contribution in [0.1, 0.15) is 86.7 Å². The first kappa shape index (κ1) is 40.4. The summed E-state index contributed by atoms with van der Waals surface area (Å²) in [6, 6.07) is 11.4. The van der Waals surface area contributed by atoms with Crippen molar-refractivity contribution in [3.05, 3.63) is 70.3 Å². The number of nitrogens with one attached hydrogen (secondary N) is 2. The number of carbonyl (C=O) groups excluding carboxylic acids is 1. The third-order valence-electron chi connectivity index (χ3n) is 13.4. The molecule has 2 N–H and O–H groups in total. The average molecular weight is 803 g/mol. The van der Waals surface area contributed by atoms with Gasteiger partial charge in [0.1, 0.15) is 11.4 Å². The van der Waals surface area contributed by atoms with Gasteiger partial charge in [-0.3, -0.25) is 9.69 Å². The Morgan fingerprint density at radius 2 is 1.87 bits per heavy atom. The fourth-order valence-electron chi connectivity index (χ4n) is 9.75. The Hall–Kier alpha value is -2.77. The zero-order valence-corrected chi connectivity index (χ0v) is 34.0. The third-order valence-corrected chi connectivity index (χ3v) is 15.5. The molecule has 2 aromatic rings. The molecule has 1 amide bonds. The number of hydrogen-bond donors (Lipinski definition) is 2. The van der Waals surface area contributed by atoms with E-state index in [-0.39, 0.29) is 48.1 Å². The molecule has 1 saturated heterocycles. The Balaban J connectivity index is 1.28. The van der Waals surface area contributed by atoms with Crippen molar-refractivity contribution in [1.82, 2.24) is 14.9 Å². The van der Waals surface area contributed by atoms with E-state index in [1.165, 1.54) is 11.1 Å². The Kier molecular flexibility index (Phi) is 11.9. The maximum atomic E-state index is 14.6. The highest BCUT2D eigenvalue weighted by molar-refractivity contribution is 7.90. The predicted molar refractivity (Wildman–Crippen MR) is 213 cm³/mol. The zero-order chi connectivity index (χ0) is 39.0. The highest BCUT2D eigenvalue weighted by Gasteiger charge is 2.50. The quantitative estimate of drug-likeness (QED) is 0.321. The number of alkyl halides is 2. The number of hydrogen-bond acceptors (Lipinski definition) is 8. The van der Waals surface area contributed by atoms with Crippen molar-refractivity contribution in [3.8, 4) is 5.75 Å². The topological polar surface area (TPSA) is 100 Å². The first-order valence-corrected chi connectivity index (χ1v) is 22.1. The number of sulfonamides is 1. The van der Waals surface area contributed by atoms with E-state index >= 15 is 0 Å². The molecule has 55 heavy (non-hydrogen) atoms. The summed E-state index contributed by atoms with van der Waals surface area (Å²) in [5, 5.41) is 3.09. The SMILES string of the molecule is CO[C@@]1(CN2CCCC(F)(F)CCNCC2)/C=C/C[C@H](C)[C@@H](C)S(=O)(=O)NC(=O)c2ccc3c(c2)N(C[C@@H]2CC[C@H]21)C[C@@]1(CCCc2cc(Cl)ccc21)CO3. The van der Waals surface area contributed by atoms with E-state index < -0.39 is 32.7 Å². The van der Waals surface area contributed by atoms with E-state index in [1.807, 2.05) is 19.1 Å². The molecule has 0 unspecified atom stereocenters. The summed E-state index contributed by atoms with van der Waals surface area (Å²) >= 11 is 6.49. The van der Waals surface area contributed by atoms with Crippen LogP contribution in [0.3, 0.4) is 0 Å². The standard InChI is InChI=1S/C42H57ClF2N4O5S/c1-29-7-4-16-41(53-3,27-48-21-6-17-42(44,45)18-19-46-20-22-48)36-12-9-33(36)25-49-26-40(15-5-8-31-23-34(43)11-13-35(31)40)28-54-38-14-10-32(24-37(38)49)39(50)47-55(51,52)30(29)2/h4,10-11,13-14,16,23-24,29-30,33,36,46H,5-9,12,15,17-22,25-28H2,1-3H3,(H,47,50)/b16-4+/t29-,30+,33-,36+,40-,41+/m0/s1. The fourth-order valence-corrected chi connectivity index (χ4v) is 11.2. The van der Waals surface area contributed by atoms with E-state index in [0.29, 0.717) is 69.5 Å². The molecular formula is C42H57ClF2N4O5S. The molecule has 7 rings (SSSR count). The van der Waals surface area contributed by atoms with E-state index in [2.05, 4.69) is 38.0 Å². The van der Waals surface area contributed by atoms with Crippen molar-refractivity contribution in [3.63, 3.8) is 0 Å². The molecule has 2 aliphatic carbocycles. The molecule has 5 aliphatic rings. The molecule has 3 aliphatic heterocycles. The van der Waals surface area contributed by atoms with Crippen LogP contribution in [0.15, 0.2) is 48.6 Å². The summed E-state index contributed by atoms with van der Waals surface area (Å²) in [6.07, 6.45) is 9.49. The lowest BCUT2D eigenvalue weighted by Crippen LogP contribution is -2.57. The fraction of sp³-hybridized carbons (Fsp3) is 0.643. The van der Waals surface area contributed by atoms with Crippen LogP contribution in [0.5, 0.6) is 5.75 Å². The molecule has 302 valence electrons. The van der Waals surface area contributed by atoms with E-state index in [9.17, 15) is 22.0 Å². The normalized spacial score (nSPS) is 33.5. The number of ether oxygens (including phenoxy) is 2. The number of rotatable bonds is 3. The molecule has 2 bridgehead atoms. The van der Waals surface area contributed by atoms with Crippen molar-refractivity contribution in [2.75, 3.05) is 64.4 Å². The van der Waals surface area contributed by atoms with Crippen LogP contribution in [0.4, 0.5) is 14.5 Å². The minimum Gasteiger partial charge on any atom is -0.490 e. The second-order valence-electron chi connectivity index (χ2n) is 16.9. The van der Waals surface area contributed by atoms with E-state index in [4.69, 9.17) is 21.1 Å². The van der Waals surface area contributed by atoms with Gasteiger partial charge in [0.05, 0.1) is 17.5 Å². The molecule has 3 heterocycles. The van der Waals surface area contributed by atoms with Gasteiger partial charge in [-0.2, -0.15) is 0 Å². The minimum absolute atomic E-state index is 0.107. The monoisotopic (exact) mass is 802 g/mol. The lowest BCUT2D eigenvalue weighted by Gasteiger charge is -2.52. The number of amides is 1. The molecule has 0 radical (unpaired) electrons. The lowest BCUT2D eigenvalue weighted by atomic mass is 9.63. The number of benzene rings is 2. The molecule has 2 fully saturated rings. The number of fused-ring (bicyclic) bond motifs is 4. The Morgan fingerprint density at radius 3 is 2.65 bits per heavy atom. The highest BCUT2D eigenvalue weighted by atomic mass is 35.5. The largest absolute Gasteiger partial charge is 0.490 e. The Labute approximate surface area is 330 Å². The Bertz CT molecular complexity index is 1860. The number of anilines is 1. The van der Waals surface area contributed by atoms with Crippen molar-refractivity contribution in [1.29, 1.82) is 0 Å². The van der Waals surface area contributed by atoms with Gasteiger partial charge in [-0.1, -0.05) is 36.7 Å². The van der Waals surface area contributed by atoms with Gasteiger partial charge in [0.15, 0.2) is 0 Å². The van der Waals surface area contributed by atoms with Gasteiger partial charge < -0.3 is 19.7 Å². The summed E-state index contributed by atoms with van der Waals surface area (Å²) in [4.78, 5) is 18.3. The first-order valence-electron chi connectivity index (χ1n) is 20.1. The maximum absolute atomic E-state index is 14.6. The predicted octanol–water partition coefficient (Wildman–Crippen LogP) is 6.98. The molecule has 0 aromatic heterocycles. The van der Waals surface area contributed by atoms with Gasteiger partial charge in [-0.05, 0) is 118 Å².